The topological polar surface area (TPSA) is 71.3 Å². The fraction of sp³-hybridized carbons (Fsp3) is 0.643. The lowest BCUT2D eigenvalue weighted by Crippen LogP contribution is -2.37. The van der Waals surface area contributed by atoms with Crippen molar-refractivity contribution in [1.29, 1.82) is 0 Å². The summed E-state index contributed by atoms with van der Waals surface area (Å²) in [6.45, 7) is 3.02. The minimum absolute atomic E-state index is 0.00617. The number of rotatable bonds is 5. The van der Waals surface area contributed by atoms with Gasteiger partial charge in [-0.3, -0.25) is 0 Å². The number of aromatic nitrogens is 1. The number of hydrogen-bond donors (Lipinski definition) is 1. The lowest BCUT2D eigenvalue weighted by Gasteiger charge is -2.31. The third kappa shape index (κ3) is 2.90. The molecule has 1 aliphatic heterocycles. The van der Waals surface area contributed by atoms with E-state index in [1.165, 1.54) is 6.20 Å². The molecule has 20 heavy (non-hydrogen) atoms. The second-order valence-electron chi connectivity index (χ2n) is 5.68. The number of pyridine rings is 1. The van der Waals surface area contributed by atoms with Crippen molar-refractivity contribution in [1.82, 2.24) is 10.3 Å². The molecule has 1 aromatic rings. The highest BCUT2D eigenvalue weighted by atomic mass is 16.6. The van der Waals surface area contributed by atoms with Gasteiger partial charge in [0.25, 0.3) is 0 Å². The number of nitro groups is 1. The van der Waals surface area contributed by atoms with Crippen molar-refractivity contribution in [2.45, 2.75) is 31.7 Å². The Labute approximate surface area is 118 Å². The zero-order valence-electron chi connectivity index (χ0n) is 11.5. The Morgan fingerprint density at radius 1 is 1.35 bits per heavy atom. The highest BCUT2D eigenvalue weighted by Gasteiger charge is 2.34. The summed E-state index contributed by atoms with van der Waals surface area (Å²) in [4.78, 5) is 17.0. The first-order chi connectivity index (χ1) is 9.75. The SMILES string of the molecule is O=[N+]([O-])c1ncccc1N(CC1CCNCC1)C1CC1. The van der Waals surface area contributed by atoms with Crippen LogP contribution in [0, 0.1) is 16.0 Å². The predicted octanol–water partition coefficient (Wildman–Crippen LogP) is 1.96. The van der Waals surface area contributed by atoms with Gasteiger partial charge >= 0.3 is 5.82 Å². The summed E-state index contributed by atoms with van der Waals surface area (Å²) in [5, 5.41) is 14.5. The Bertz CT molecular complexity index is 484. The highest BCUT2D eigenvalue weighted by Crippen LogP contribution is 2.36. The lowest BCUT2D eigenvalue weighted by molar-refractivity contribution is -0.388. The zero-order chi connectivity index (χ0) is 13.9. The van der Waals surface area contributed by atoms with Gasteiger partial charge in [0.05, 0.1) is 0 Å². The van der Waals surface area contributed by atoms with Crippen LogP contribution < -0.4 is 10.2 Å². The van der Waals surface area contributed by atoms with Crippen molar-refractivity contribution >= 4 is 11.5 Å². The molecule has 6 heteroatoms. The van der Waals surface area contributed by atoms with Crippen LogP contribution in [-0.2, 0) is 0 Å². The van der Waals surface area contributed by atoms with Gasteiger partial charge in [-0.15, -0.1) is 0 Å². The summed E-state index contributed by atoms with van der Waals surface area (Å²) < 4.78 is 0. The van der Waals surface area contributed by atoms with E-state index in [4.69, 9.17) is 0 Å². The molecule has 1 saturated carbocycles. The van der Waals surface area contributed by atoms with Gasteiger partial charge in [-0.25, -0.2) is 0 Å². The van der Waals surface area contributed by atoms with E-state index in [1.54, 1.807) is 6.07 Å². The third-order valence-electron chi connectivity index (χ3n) is 4.15. The molecule has 1 aliphatic carbocycles. The fourth-order valence-corrected chi connectivity index (χ4v) is 2.93. The van der Waals surface area contributed by atoms with E-state index in [9.17, 15) is 10.1 Å². The first-order valence-electron chi connectivity index (χ1n) is 7.32. The molecule has 0 bridgehead atoms. The fourth-order valence-electron chi connectivity index (χ4n) is 2.93. The van der Waals surface area contributed by atoms with E-state index < -0.39 is 0 Å². The standard InChI is InChI=1S/C14H20N4O2/c19-18(20)14-13(2-1-7-16-14)17(12-3-4-12)10-11-5-8-15-9-6-11/h1-2,7,11-12,15H,3-6,8-10H2. The van der Waals surface area contributed by atoms with Crippen LogP contribution in [-0.4, -0.2) is 35.6 Å². The van der Waals surface area contributed by atoms with Crippen LogP contribution >= 0.6 is 0 Å². The van der Waals surface area contributed by atoms with Crippen LogP contribution in [0.5, 0.6) is 0 Å². The average molecular weight is 276 g/mol. The minimum atomic E-state index is -0.368. The van der Waals surface area contributed by atoms with Gasteiger partial charge in [0.1, 0.15) is 11.9 Å². The largest absolute Gasteiger partial charge is 0.387 e. The van der Waals surface area contributed by atoms with Crippen molar-refractivity contribution in [3.8, 4) is 0 Å². The van der Waals surface area contributed by atoms with E-state index in [1.807, 2.05) is 6.07 Å². The maximum absolute atomic E-state index is 11.2. The molecule has 0 amide bonds. The van der Waals surface area contributed by atoms with Crippen molar-refractivity contribution in [3.63, 3.8) is 0 Å². The molecule has 0 unspecified atom stereocenters. The molecule has 2 aliphatic rings. The first kappa shape index (κ1) is 13.3. The number of nitrogens with zero attached hydrogens (tertiary/aromatic N) is 3. The lowest BCUT2D eigenvalue weighted by atomic mass is 9.97. The van der Waals surface area contributed by atoms with E-state index in [0.717, 1.165) is 45.3 Å². The number of anilines is 1. The molecule has 2 heterocycles. The molecule has 1 N–H and O–H groups in total. The molecular weight excluding hydrogens is 256 g/mol. The van der Waals surface area contributed by atoms with Gasteiger partial charge < -0.3 is 20.3 Å². The normalized spacial score (nSPS) is 19.8. The molecule has 0 aromatic carbocycles. The second kappa shape index (κ2) is 5.75. The number of piperidine rings is 1. The molecule has 0 atom stereocenters. The van der Waals surface area contributed by atoms with Gasteiger partial charge in [-0.1, -0.05) is 0 Å². The van der Waals surface area contributed by atoms with Gasteiger partial charge in [0, 0.05) is 12.6 Å². The molecule has 1 aromatic heterocycles. The maximum atomic E-state index is 11.2. The molecular formula is C14H20N4O2. The average Bonchev–Trinajstić information content (AvgIpc) is 3.30. The Balaban J connectivity index is 1.81. The third-order valence-corrected chi connectivity index (χ3v) is 4.15. The van der Waals surface area contributed by atoms with Crippen LogP contribution in [0.2, 0.25) is 0 Å². The predicted molar refractivity (Wildman–Crippen MR) is 76.9 cm³/mol. The summed E-state index contributed by atoms with van der Waals surface area (Å²) in [5.41, 5.74) is 0.693. The van der Waals surface area contributed by atoms with Crippen molar-refractivity contribution in [2.75, 3.05) is 24.5 Å². The first-order valence-corrected chi connectivity index (χ1v) is 7.32. The highest BCUT2D eigenvalue weighted by molar-refractivity contribution is 5.60. The van der Waals surface area contributed by atoms with Gasteiger partial charge in [-0.2, -0.15) is 0 Å². The van der Waals surface area contributed by atoms with E-state index in [-0.39, 0.29) is 10.7 Å². The Morgan fingerprint density at radius 2 is 2.10 bits per heavy atom. The molecule has 3 rings (SSSR count). The second-order valence-corrected chi connectivity index (χ2v) is 5.68. The van der Waals surface area contributed by atoms with E-state index in [0.29, 0.717) is 17.6 Å². The molecule has 6 nitrogen and oxygen atoms in total. The molecule has 0 spiro atoms. The number of nitrogens with one attached hydrogen (secondary N) is 1. The molecule has 108 valence electrons. The molecule has 1 saturated heterocycles. The van der Waals surface area contributed by atoms with Crippen LogP contribution in [0.1, 0.15) is 25.7 Å². The van der Waals surface area contributed by atoms with Gasteiger partial charge in [-0.05, 0) is 66.7 Å². The molecule has 2 fully saturated rings. The Hall–Kier alpha value is -1.69. The van der Waals surface area contributed by atoms with Crippen molar-refractivity contribution in [3.05, 3.63) is 28.4 Å². The molecule has 0 radical (unpaired) electrons. The summed E-state index contributed by atoms with van der Waals surface area (Å²) in [5.74, 6) is 0.616. The van der Waals surface area contributed by atoms with Gasteiger partial charge in [0.15, 0.2) is 0 Å². The van der Waals surface area contributed by atoms with Crippen LogP contribution in [0.25, 0.3) is 0 Å². The summed E-state index contributed by atoms with van der Waals surface area (Å²) in [6, 6.07) is 4.10. The van der Waals surface area contributed by atoms with Crippen molar-refractivity contribution < 1.29 is 4.92 Å². The quantitative estimate of drug-likeness (QED) is 0.657. The van der Waals surface area contributed by atoms with Crippen LogP contribution in [0.4, 0.5) is 11.5 Å². The smallest absolute Gasteiger partial charge is 0.361 e. The number of hydrogen-bond acceptors (Lipinski definition) is 5. The Kier molecular flexibility index (Phi) is 3.82. The Morgan fingerprint density at radius 3 is 2.75 bits per heavy atom. The van der Waals surface area contributed by atoms with Gasteiger partial charge in [0.2, 0.25) is 0 Å². The van der Waals surface area contributed by atoms with Crippen LogP contribution in [0.15, 0.2) is 18.3 Å². The van der Waals surface area contributed by atoms with Crippen LogP contribution in [0.3, 0.4) is 0 Å². The summed E-state index contributed by atoms with van der Waals surface area (Å²) in [7, 11) is 0. The maximum Gasteiger partial charge on any atom is 0.387 e. The van der Waals surface area contributed by atoms with E-state index >= 15 is 0 Å². The zero-order valence-corrected chi connectivity index (χ0v) is 11.5. The van der Waals surface area contributed by atoms with E-state index in [2.05, 4.69) is 15.2 Å². The monoisotopic (exact) mass is 276 g/mol. The summed E-state index contributed by atoms with van der Waals surface area (Å²) >= 11 is 0. The van der Waals surface area contributed by atoms with Crippen molar-refractivity contribution in [2.24, 2.45) is 5.92 Å². The minimum Gasteiger partial charge on any atom is -0.361 e. The summed E-state index contributed by atoms with van der Waals surface area (Å²) in [6.07, 6.45) is 6.07.